The Balaban J connectivity index is 2.08. The fourth-order valence-electron chi connectivity index (χ4n) is 2.73. The van der Waals surface area contributed by atoms with Gasteiger partial charge in [-0.2, -0.15) is 0 Å². The van der Waals surface area contributed by atoms with Gasteiger partial charge < -0.3 is 13.9 Å². The maximum atomic E-state index is 6.06. The van der Waals surface area contributed by atoms with Crippen LogP contribution in [0, 0.1) is 12.3 Å². The van der Waals surface area contributed by atoms with E-state index in [9.17, 15) is 0 Å². The smallest absolute Gasteiger partial charge is 0.187 e. The molecule has 0 N–H and O–H groups in total. The van der Waals surface area contributed by atoms with Gasteiger partial charge in [-0.25, -0.2) is 0 Å². The van der Waals surface area contributed by atoms with Crippen LogP contribution in [0.4, 0.5) is 0 Å². The number of aryl methyl sites for hydroxylation is 1. The van der Waals surface area contributed by atoms with E-state index < -0.39 is 8.32 Å². The highest BCUT2D eigenvalue weighted by atomic mass is 28.4. The van der Waals surface area contributed by atoms with E-state index in [0.29, 0.717) is 31.8 Å². The highest BCUT2D eigenvalue weighted by Gasteiger charge is 2.28. The first-order valence-corrected chi connectivity index (χ1v) is 11.2. The van der Waals surface area contributed by atoms with E-state index in [1.165, 1.54) is 5.56 Å². The van der Waals surface area contributed by atoms with Gasteiger partial charge in [-0.3, -0.25) is 0 Å². The van der Waals surface area contributed by atoms with Crippen LogP contribution in [0.5, 0.6) is 5.75 Å². The summed E-state index contributed by atoms with van der Waals surface area (Å²) in [5.74, 6) is 0.901. The van der Waals surface area contributed by atoms with E-state index in [4.69, 9.17) is 13.9 Å². The Morgan fingerprint density at radius 1 is 1.00 bits per heavy atom. The highest BCUT2D eigenvalue weighted by Crippen LogP contribution is 2.28. The van der Waals surface area contributed by atoms with Gasteiger partial charge in [0.1, 0.15) is 12.4 Å². The molecular formula is C18H32O3Si. The minimum Gasteiger partial charge on any atom is -0.491 e. The van der Waals surface area contributed by atoms with Crippen LogP contribution in [0.15, 0.2) is 24.3 Å². The van der Waals surface area contributed by atoms with E-state index in [0.717, 1.165) is 11.8 Å². The average Bonchev–Trinajstić information content (AvgIpc) is 2.34. The maximum Gasteiger partial charge on any atom is 0.187 e. The molecule has 22 heavy (non-hydrogen) atoms. The molecule has 0 spiro atoms. The van der Waals surface area contributed by atoms with Gasteiger partial charge in [0.25, 0.3) is 0 Å². The van der Waals surface area contributed by atoms with Gasteiger partial charge in [0.05, 0.1) is 19.8 Å². The number of benzene rings is 1. The van der Waals surface area contributed by atoms with Gasteiger partial charge in [0, 0.05) is 0 Å². The zero-order chi connectivity index (χ0) is 16.6. The molecule has 4 heteroatoms. The zero-order valence-electron chi connectivity index (χ0n) is 15.1. The molecule has 0 saturated heterocycles. The lowest BCUT2D eigenvalue weighted by molar-refractivity contribution is 0.0738. The molecule has 1 aromatic rings. The van der Waals surface area contributed by atoms with Crippen LogP contribution in [-0.2, 0) is 9.16 Å². The molecule has 0 heterocycles. The van der Waals surface area contributed by atoms with Crippen molar-refractivity contribution in [2.24, 2.45) is 5.41 Å². The fraction of sp³-hybridized carbons (Fsp3) is 0.667. The summed E-state index contributed by atoms with van der Waals surface area (Å²) in [5.41, 5.74) is 1.54. The summed E-state index contributed by atoms with van der Waals surface area (Å²) in [5, 5.41) is 0. The molecule has 0 aliphatic rings. The summed E-state index contributed by atoms with van der Waals surface area (Å²) < 4.78 is 17.3. The Labute approximate surface area is 137 Å². The third-order valence-electron chi connectivity index (χ3n) is 3.16. The number of ether oxygens (including phenoxy) is 2. The van der Waals surface area contributed by atoms with Crippen molar-refractivity contribution in [1.82, 2.24) is 0 Å². The summed E-state index contributed by atoms with van der Waals surface area (Å²) >= 11 is 0. The SMILES string of the molecule is Cc1cccc(OCCOCCO[Si](C)(C)CC(C)(C)C)c1. The van der Waals surface area contributed by atoms with E-state index in [-0.39, 0.29) is 0 Å². The van der Waals surface area contributed by atoms with Crippen LogP contribution in [0.1, 0.15) is 26.3 Å². The van der Waals surface area contributed by atoms with Crippen molar-refractivity contribution in [2.45, 2.75) is 46.8 Å². The van der Waals surface area contributed by atoms with E-state index >= 15 is 0 Å². The lowest BCUT2D eigenvalue weighted by atomic mass is 10.0. The minimum absolute atomic E-state index is 0.332. The second kappa shape index (κ2) is 8.70. The molecule has 0 atom stereocenters. The summed E-state index contributed by atoms with van der Waals surface area (Å²) in [7, 11) is -1.58. The standard InChI is InChI=1S/C18H32O3Si/c1-16-8-7-9-17(14-16)20-12-10-19-11-13-21-22(5,6)15-18(2,3)4/h7-9,14H,10-13,15H2,1-6H3. The van der Waals surface area contributed by atoms with Crippen LogP contribution in [0.25, 0.3) is 0 Å². The largest absolute Gasteiger partial charge is 0.491 e. The second-order valence-corrected chi connectivity index (χ2v) is 11.8. The molecule has 0 saturated carbocycles. The Morgan fingerprint density at radius 2 is 1.68 bits per heavy atom. The molecule has 0 aromatic heterocycles. The van der Waals surface area contributed by atoms with Crippen LogP contribution in [0.2, 0.25) is 19.1 Å². The molecule has 1 aromatic carbocycles. The minimum atomic E-state index is -1.58. The molecule has 1 rings (SSSR count). The molecule has 0 fully saturated rings. The van der Waals surface area contributed by atoms with E-state index in [1.807, 2.05) is 18.2 Å². The molecule has 3 nitrogen and oxygen atoms in total. The van der Waals surface area contributed by atoms with Crippen molar-refractivity contribution in [1.29, 1.82) is 0 Å². The van der Waals surface area contributed by atoms with Crippen LogP contribution < -0.4 is 4.74 Å². The summed E-state index contributed by atoms with van der Waals surface area (Å²) in [4.78, 5) is 0. The summed E-state index contributed by atoms with van der Waals surface area (Å²) in [6.45, 7) is 15.9. The first kappa shape index (κ1) is 19.2. The molecule has 0 radical (unpaired) electrons. The Morgan fingerprint density at radius 3 is 2.32 bits per heavy atom. The van der Waals surface area contributed by atoms with Crippen molar-refractivity contribution in [3.8, 4) is 5.75 Å². The zero-order valence-corrected chi connectivity index (χ0v) is 16.1. The van der Waals surface area contributed by atoms with Crippen molar-refractivity contribution >= 4 is 8.32 Å². The molecule has 0 aliphatic carbocycles. The quantitative estimate of drug-likeness (QED) is 0.488. The summed E-state index contributed by atoms with van der Waals surface area (Å²) in [6.07, 6.45) is 0. The number of hydrogen-bond donors (Lipinski definition) is 0. The highest BCUT2D eigenvalue weighted by molar-refractivity contribution is 6.71. The number of hydrogen-bond acceptors (Lipinski definition) is 3. The molecule has 0 unspecified atom stereocenters. The van der Waals surface area contributed by atoms with Crippen molar-refractivity contribution < 1.29 is 13.9 Å². The normalized spacial score (nSPS) is 12.5. The van der Waals surface area contributed by atoms with Gasteiger partial charge in [0.2, 0.25) is 0 Å². The lowest BCUT2D eigenvalue weighted by Gasteiger charge is -2.30. The predicted molar refractivity (Wildman–Crippen MR) is 95.2 cm³/mol. The van der Waals surface area contributed by atoms with Crippen molar-refractivity contribution in [3.05, 3.63) is 29.8 Å². The Kier molecular flexibility index (Phi) is 7.60. The van der Waals surface area contributed by atoms with Gasteiger partial charge in [0.15, 0.2) is 8.32 Å². The van der Waals surface area contributed by atoms with E-state index in [1.54, 1.807) is 0 Å². The monoisotopic (exact) mass is 324 g/mol. The van der Waals surface area contributed by atoms with Crippen molar-refractivity contribution in [2.75, 3.05) is 26.4 Å². The topological polar surface area (TPSA) is 27.7 Å². The van der Waals surface area contributed by atoms with Gasteiger partial charge in [-0.1, -0.05) is 32.9 Å². The van der Waals surface area contributed by atoms with E-state index in [2.05, 4.69) is 46.9 Å². The lowest BCUT2D eigenvalue weighted by Crippen LogP contribution is -2.36. The van der Waals surface area contributed by atoms with Crippen molar-refractivity contribution in [3.63, 3.8) is 0 Å². The number of rotatable bonds is 9. The predicted octanol–water partition coefficient (Wildman–Crippen LogP) is 4.66. The Hall–Kier alpha value is -0.843. The molecule has 0 bridgehead atoms. The molecule has 0 amide bonds. The third kappa shape index (κ3) is 9.23. The Bertz CT molecular complexity index is 438. The van der Waals surface area contributed by atoms with Gasteiger partial charge in [-0.15, -0.1) is 0 Å². The fourth-order valence-corrected chi connectivity index (χ4v) is 6.02. The average molecular weight is 325 g/mol. The van der Waals surface area contributed by atoms with Crippen LogP contribution >= 0.6 is 0 Å². The first-order valence-electron chi connectivity index (χ1n) is 8.09. The second-order valence-electron chi connectivity index (χ2n) is 7.62. The van der Waals surface area contributed by atoms with Crippen LogP contribution in [-0.4, -0.2) is 34.7 Å². The van der Waals surface area contributed by atoms with Gasteiger partial charge in [-0.05, 0) is 49.2 Å². The molecule has 0 aliphatic heterocycles. The maximum absolute atomic E-state index is 6.06. The third-order valence-corrected chi connectivity index (χ3v) is 6.06. The van der Waals surface area contributed by atoms with Gasteiger partial charge >= 0.3 is 0 Å². The first-order chi connectivity index (χ1) is 10.2. The van der Waals surface area contributed by atoms with Crippen LogP contribution in [0.3, 0.4) is 0 Å². The molecule has 126 valence electrons. The molecular weight excluding hydrogens is 292 g/mol. The summed E-state index contributed by atoms with van der Waals surface area (Å²) in [6, 6.07) is 9.22.